The first kappa shape index (κ1) is 9.38. The van der Waals surface area contributed by atoms with E-state index in [9.17, 15) is 4.79 Å². The standard InChI is InChI=1S/C9H10O4/c1-2-13-6-3-4-8(10)7(5-6)9(11)12/h3-5,10H,2H2,1H3,(H,11,12). The smallest absolute Gasteiger partial charge is 0.339 e. The first-order valence-corrected chi connectivity index (χ1v) is 3.84. The first-order valence-electron chi connectivity index (χ1n) is 3.84. The van der Waals surface area contributed by atoms with Crippen LogP contribution in [0.4, 0.5) is 0 Å². The molecular weight excluding hydrogens is 172 g/mol. The molecule has 0 heterocycles. The van der Waals surface area contributed by atoms with E-state index in [0.717, 1.165) is 0 Å². The van der Waals surface area contributed by atoms with Crippen LogP contribution in [0.1, 0.15) is 17.3 Å². The summed E-state index contributed by atoms with van der Waals surface area (Å²) in [7, 11) is 0. The van der Waals surface area contributed by atoms with Gasteiger partial charge in [-0.1, -0.05) is 0 Å². The summed E-state index contributed by atoms with van der Waals surface area (Å²) >= 11 is 0. The Hall–Kier alpha value is -1.71. The van der Waals surface area contributed by atoms with Crippen LogP contribution in [0.5, 0.6) is 11.5 Å². The van der Waals surface area contributed by atoms with E-state index in [4.69, 9.17) is 14.9 Å². The minimum absolute atomic E-state index is 0.147. The van der Waals surface area contributed by atoms with E-state index in [1.807, 2.05) is 0 Å². The largest absolute Gasteiger partial charge is 0.507 e. The van der Waals surface area contributed by atoms with Crippen molar-refractivity contribution in [3.63, 3.8) is 0 Å². The van der Waals surface area contributed by atoms with Gasteiger partial charge in [0, 0.05) is 0 Å². The molecule has 0 amide bonds. The van der Waals surface area contributed by atoms with Crippen molar-refractivity contribution in [1.29, 1.82) is 0 Å². The van der Waals surface area contributed by atoms with Crippen LogP contribution in [0.2, 0.25) is 0 Å². The van der Waals surface area contributed by atoms with E-state index in [2.05, 4.69) is 0 Å². The van der Waals surface area contributed by atoms with E-state index < -0.39 is 5.97 Å². The molecular formula is C9H10O4. The molecule has 2 N–H and O–H groups in total. The number of carboxylic acid groups (broad SMARTS) is 1. The van der Waals surface area contributed by atoms with Crippen molar-refractivity contribution in [2.75, 3.05) is 6.61 Å². The highest BCUT2D eigenvalue weighted by Crippen LogP contribution is 2.22. The summed E-state index contributed by atoms with van der Waals surface area (Å²) < 4.78 is 5.08. The van der Waals surface area contributed by atoms with Gasteiger partial charge in [0.15, 0.2) is 0 Å². The molecule has 0 unspecified atom stereocenters. The molecule has 1 rings (SSSR count). The summed E-state index contributed by atoms with van der Waals surface area (Å²) in [5.41, 5.74) is -0.147. The highest BCUT2D eigenvalue weighted by Gasteiger charge is 2.09. The first-order chi connectivity index (χ1) is 6.15. The van der Waals surface area contributed by atoms with Gasteiger partial charge in [0.05, 0.1) is 6.61 Å². The second-order valence-corrected chi connectivity index (χ2v) is 2.42. The molecule has 0 atom stereocenters. The highest BCUT2D eigenvalue weighted by molar-refractivity contribution is 5.91. The lowest BCUT2D eigenvalue weighted by Crippen LogP contribution is -1.98. The van der Waals surface area contributed by atoms with Crippen molar-refractivity contribution in [3.8, 4) is 11.5 Å². The number of aromatic hydroxyl groups is 1. The molecule has 13 heavy (non-hydrogen) atoms. The Morgan fingerprint density at radius 1 is 1.54 bits per heavy atom. The Balaban J connectivity index is 3.04. The van der Waals surface area contributed by atoms with E-state index in [1.165, 1.54) is 18.2 Å². The number of rotatable bonds is 3. The maximum atomic E-state index is 10.6. The average Bonchev–Trinajstić information content (AvgIpc) is 2.08. The molecule has 0 spiro atoms. The summed E-state index contributed by atoms with van der Waals surface area (Å²) in [6, 6.07) is 4.11. The van der Waals surface area contributed by atoms with Crippen molar-refractivity contribution >= 4 is 5.97 Å². The van der Waals surface area contributed by atoms with E-state index in [0.29, 0.717) is 12.4 Å². The third-order valence-corrected chi connectivity index (χ3v) is 1.51. The monoisotopic (exact) mass is 182 g/mol. The van der Waals surface area contributed by atoms with Crippen LogP contribution >= 0.6 is 0 Å². The molecule has 0 aromatic heterocycles. The van der Waals surface area contributed by atoms with Gasteiger partial charge in [-0.05, 0) is 25.1 Å². The molecule has 0 saturated heterocycles. The third-order valence-electron chi connectivity index (χ3n) is 1.51. The van der Waals surface area contributed by atoms with Gasteiger partial charge in [-0.15, -0.1) is 0 Å². The summed E-state index contributed by atoms with van der Waals surface area (Å²) in [6.07, 6.45) is 0. The Morgan fingerprint density at radius 2 is 2.23 bits per heavy atom. The molecule has 0 aliphatic heterocycles. The topological polar surface area (TPSA) is 66.8 Å². The van der Waals surface area contributed by atoms with Crippen LogP contribution in [0.25, 0.3) is 0 Å². The molecule has 1 aromatic carbocycles. The van der Waals surface area contributed by atoms with Crippen molar-refractivity contribution < 1.29 is 19.7 Å². The van der Waals surface area contributed by atoms with E-state index in [1.54, 1.807) is 6.92 Å². The molecule has 0 aliphatic carbocycles. The van der Waals surface area contributed by atoms with Crippen molar-refractivity contribution in [3.05, 3.63) is 23.8 Å². The Kier molecular flexibility index (Phi) is 2.74. The normalized spacial score (nSPS) is 9.62. The molecule has 0 fully saturated rings. The highest BCUT2D eigenvalue weighted by atomic mass is 16.5. The Bertz CT molecular complexity index is 319. The van der Waals surface area contributed by atoms with Crippen LogP contribution < -0.4 is 4.74 Å². The fourth-order valence-electron chi connectivity index (χ4n) is 0.943. The maximum absolute atomic E-state index is 10.6. The van der Waals surface area contributed by atoms with Crippen LogP contribution in [0.15, 0.2) is 18.2 Å². The minimum Gasteiger partial charge on any atom is -0.507 e. The van der Waals surface area contributed by atoms with E-state index in [-0.39, 0.29) is 11.3 Å². The zero-order valence-electron chi connectivity index (χ0n) is 7.15. The summed E-state index contributed by atoms with van der Waals surface area (Å²) in [6.45, 7) is 2.26. The molecule has 4 heteroatoms. The molecule has 0 radical (unpaired) electrons. The second-order valence-electron chi connectivity index (χ2n) is 2.42. The summed E-state index contributed by atoms with van der Waals surface area (Å²) in [5.74, 6) is -0.979. The molecule has 4 nitrogen and oxygen atoms in total. The minimum atomic E-state index is -1.17. The number of aromatic carboxylic acids is 1. The molecule has 0 aliphatic rings. The fourth-order valence-corrected chi connectivity index (χ4v) is 0.943. The summed E-state index contributed by atoms with van der Waals surface area (Å²) in [4.78, 5) is 10.6. The number of hydrogen-bond donors (Lipinski definition) is 2. The van der Waals surface area contributed by atoms with Gasteiger partial charge < -0.3 is 14.9 Å². The predicted molar refractivity (Wildman–Crippen MR) is 46.2 cm³/mol. The number of hydrogen-bond acceptors (Lipinski definition) is 3. The van der Waals surface area contributed by atoms with E-state index >= 15 is 0 Å². The van der Waals surface area contributed by atoms with Crippen molar-refractivity contribution in [2.24, 2.45) is 0 Å². The molecule has 0 bridgehead atoms. The lowest BCUT2D eigenvalue weighted by Gasteiger charge is -2.04. The van der Waals surface area contributed by atoms with Crippen molar-refractivity contribution in [2.45, 2.75) is 6.92 Å². The maximum Gasteiger partial charge on any atom is 0.339 e. The lowest BCUT2D eigenvalue weighted by atomic mass is 10.2. The lowest BCUT2D eigenvalue weighted by molar-refractivity contribution is 0.0693. The SMILES string of the molecule is CCOc1ccc(O)c(C(=O)O)c1. The molecule has 0 saturated carbocycles. The van der Waals surface area contributed by atoms with Gasteiger partial charge in [0.1, 0.15) is 17.1 Å². The number of ether oxygens (including phenoxy) is 1. The Morgan fingerprint density at radius 3 is 2.77 bits per heavy atom. The van der Waals surface area contributed by atoms with Crippen LogP contribution in [-0.2, 0) is 0 Å². The zero-order chi connectivity index (χ0) is 9.84. The average molecular weight is 182 g/mol. The van der Waals surface area contributed by atoms with Gasteiger partial charge in [-0.3, -0.25) is 0 Å². The zero-order valence-corrected chi connectivity index (χ0v) is 7.15. The van der Waals surface area contributed by atoms with Crippen molar-refractivity contribution in [1.82, 2.24) is 0 Å². The number of carbonyl (C=O) groups is 1. The third kappa shape index (κ3) is 2.11. The van der Waals surface area contributed by atoms with Gasteiger partial charge >= 0.3 is 5.97 Å². The van der Waals surface area contributed by atoms with Crippen LogP contribution in [-0.4, -0.2) is 22.8 Å². The number of benzene rings is 1. The fraction of sp³-hybridized carbons (Fsp3) is 0.222. The van der Waals surface area contributed by atoms with Gasteiger partial charge in [0.2, 0.25) is 0 Å². The van der Waals surface area contributed by atoms with Gasteiger partial charge in [-0.25, -0.2) is 4.79 Å². The molecule has 1 aromatic rings. The second kappa shape index (κ2) is 3.80. The predicted octanol–water partition coefficient (Wildman–Crippen LogP) is 1.49. The summed E-state index contributed by atoms with van der Waals surface area (Å²) in [5, 5.41) is 17.8. The van der Waals surface area contributed by atoms with Gasteiger partial charge in [0.25, 0.3) is 0 Å². The number of phenols is 1. The van der Waals surface area contributed by atoms with Gasteiger partial charge in [-0.2, -0.15) is 0 Å². The molecule has 70 valence electrons. The Labute approximate surface area is 75.4 Å². The van der Waals surface area contributed by atoms with Crippen LogP contribution in [0.3, 0.4) is 0 Å². The van der Waals surface area contributed by atoms with Crippen LogP contribution in [0, 0.1) is 0 Å². The quantitative estimate of drug-likeness (QED) is 0.743. The number of carboxylic acids is 1.